The Morgan fingerprint density at radius 1 is 1.18 bits per heavy atom. The van der Waals surface area contributed by atoms with Crippen LogP contribution in [0.5, 0.6) is 5.75 Å². The van der Waals surface area contributed by atoms with Crippen LogP contribution in [0, 0.1) is 0 Å². The van der Waals surface area contributed by atoms with Gasteiger partial charge in [-0.2, -0.15) is 0 Å². The molecule has 2 atom stereocenters. The third-order valence-corrected chi connectivity index (χ3v) is 3.89. The van der Waals surface area contributed by atoms with Gasteiger partial charge in [-0.1, -0.05) is 12.1 Å². The van der Waals surface area contributed by atoms with Crippen molar-refractivity contribution in [2.24, 2.45) is 0 Å². The van der Waals surface area contributed by atoms with Crippen LogP contribution in [0.15, 0.2) is 33.5 Å². The number of hydrogen-bond acceptors (Lipinski definition) is 3. The summed E-state index contributed by atoms with van der Waals surface area (Å²) in [5.41, 5.74) is 1.18. The Morgan fingerprint density at radius 2 is 2.06 bits per heavy atom. The molecule has 4 rings (SSSR count). The molecule has 0 bridgehead atoms. The highest BCUT2D eigenvalue weighted by atomic mass is 16.5. The number of fused-ring (bicyclic) bond motifs is 5. The predicted molar refractivity (Wildman–Crippen MR) is 63.5 cm³/mol. The fraction of sp³-hybridized carbons (Fsp3) is 0.357. The summed E-state index contributed by atoms with van der Waals surface area (Å²) in [5, 5.41) is 0.927. The molecule has 0 N–H and O–H groups in total. The first-order chi connectivity index (χ1) is 8.34. The first kappa shape index (κ1) is 9.28. The van der Waals surface area contributed by atoms with Crippen LogP contribution < -0.4 is 10.4 Å². The maximum atomic E-state index is 12.0. The normalized spacial score (nSPS) is 25.6. The Bertz CT molecular complexity index is 656. The van der Waals surface area contributed by atoms with Crippen molar-refractivity contribution >= 4 is 11.0 Å². The van der Waals surface area contributed by atoms with E-state index >= 15 is 0 Å². The van der Waals surface area contributed by atoms with Crippen molar-refractivity contribution in [1.29, 1.82) is 0 Å². The van der Waals surface area contributed by atoms with E-state index in [1.54, 1.807) is 0 Å². The average Bonchev–Trinajstić information content (AvgIpc) is 2.88. The van der Waals surface area contributed by atoms with Crippen molar-refractivity contribution in [2.45, 2.75) is 31.3 Å². The molecule has 0 radical (unpaired) electrons. The lowest BCUT2D eigenvalue weighted by Gasteiger charge is -2.07. The second kappa shape index (κ2) is 3.13. The zero-order valence-corrected chi connectivity index (χ0v) is 9.31. The minimum atomic E-state index is -0.215. The molecule has 86 valence electrons. The van der Waals surface area contributed by atoms with Crippen LogP contribution in [-0.2, 0) is 0 Å². The summed E-state index contributed by atoms with van der Waals surface area (Å²) >= 11 is 0. The molecule has 0 spiro atoms. The van der Waals surface area contributed by atoms with Crippen LogP contribution in [0.25, 0.3) is 11.0 Å². The van der Waals surface area contributed by atoms with E-state index < -0.39 is 0 Å². The topological polar surface area (TPSA) is 39.4 Å². The summed E-state index contributed by atoms with van der Waals surface area (Å²) < 4.78 is 11.3. The highest BCUT2D eigenvalue weighted by Gasteiger charge is 2.41. The van der Waals surface area contributed by atoms with Gasteiger partial charge in [0.25, 0.3) is 0 Å². The van der Waals surface area contributed by atoms with Gasteiger partial charge in [-0.3, -0.25) is 0 Å². The Labute approximate surface area is 98.0 Å². The van der Waals surface area contributed by atoms with Crippen molar-refractivity contribution in [3.05, 3.63) is 40.2 Å². The number of benzene rings is 1. The van der Waals surface area contributed by atoms with Crippen LogP contribution in [0.3, 0.4) is 0 Å². The molecule has 3 nitrogen and oxygen atoms in total. The summed E-state index contributed by atoms with van der Waals surface area (Å²) in [7, 11) is 0. The van der Waals surface area contributed by atoms with Gasteiger partial charge in [0.15, 0.2) is 0 Å². The molecule has 1 aliphatic carbocycles. The lowest BCUT2D eigenvalue weighted by molar-refractivity contribution is 0.227. The molecule has 1 saturated carbocycles. The van der Waals surface area contributed by atoms with Crippen LogP contribution in [0.1, 0.15) is 30.7 Å². The van der Waals surface area contributed by atoms with Crippen LogP contribution >= 0.6 is 0 Å². The zero-order valence-electron chi connectivity index (χ0n) is 9.31. The number of rotatable bonds is 0. The van der Waals surface area contributed by atoms with Gasteiger partial charge in [-0.05, 0) is 31.4 Å². The van der Waals surface area contributed by atoms with Crippen molar-refractivity contribution in [1.82, 2.24) is 0 Å². The monoisotopic (exact) mass is 228 g/mol. The molecule has 3 heteroatoms. The molecule has 1 aromatic carbocycles. The summed E-state index contributed by atoms with van der Waals surface area (Å²) in [6, 6.07) is 7.58. The van der Waals surface area contributed by atoms with Gasteiger partial charge in [0, 0.05) is 5.92 Å². The van der Waals surface area contributed by atoms with Crippen LogP contribution in [0.2, 0.25) is 0 Å². The Balaban J connectivity index is 2.08. The second-order valence-corrected chi connectivity index (χ2v) is 4.82. The number of hydrogen-bond donors (Lipinski definition) is 0. The fourth-order valence-corrected chi connectivity index (χ4v) is 3.13. The van der Waals surface area contributed by atoms with E-state index in [-0.39, 0.29) is 17.6 Å². The molecule has 2 unspecified atom stereocenters. The maximum Gasteiger partial charge on any atom is 0.343 e. The van der Waals surface area contributed by atoms with E-state index in [9.17, 15) is 4.79 Å². The van der Waals surface area contributed by atoms with Crippen LogP contribution in [0.4, 0.5) is 0 Å². The second-order valence-electron chi connectivity index (χ2n) is 4.82. The average molecular weight is 228 g/mol. The molecular weight excluding hydrogens is 216 g/mol. The van der Waals surface area contributed by atoms with Gasteiger partial charge < -0.3 is 9.15 Å². The molecular formula is C14H12O3. The van der Waals surface area contributed by atoms with Crippen molar-refractivity contribution in [2.75, 3.05) is 0 Å². The molecule has 1 aromatic heterocycles. The largest absolute Gasteiger partial charge is 0.488 e. The smallest absolute Gasteiger partial charge is 0.343 e. The quantitative estimate of drug-likeness (QED) is 0.651. The summed E-state index contributed by atoms with van der Waals surface area (Å²) in [6.07, 6.45) is 3.42. The van der Waals surface area contributed by atoms with E-state index in [2.05, 4.69) is 0 Å². The lowest BCUT2D eigenvalue weighted by Crippen LogP contribution is -2.14. The minimum absolute atomic E-state index is 0.193. The molecule has 2 aromatic rings. The summed E-state index contributed by atoms with van der Waals surface area (Å²) in [6.45, 7) is 0. The number of para-hydroxylation sites is 1. The predicted octanol–water partition coefficient (Wildman–Crippen LogP) is 2.82. The van der Waals surface area contributed by atoms with E-state index in [4.69, 9.17) is 9.15 Å². The summed E-state index contributed by atoms with van der Waals surface area (Å²) in [5.74, 6) is 1.03. The molecule has 2 aliphatic rings. The van der Waals surface area contributed by atoms with E-state index in [1.807, 2.05) is 24.3 Å². The van der Waals surface area contributed by atoms with Crippen molar-refractivity contribution < 1.29 is 9.15 Å². The first-order valence-corrected chi connectivity index (χ1v) is 6.07. The Hall–Kier alpha value is -1.77. The standard InChI is InChI=1S/C14H12O3/c15-14-12-8-5-3-7-10(8)16-13(12)9-4-1-2-6-11(9)17-14/h1-2,4,6,8,10H,3,5,7H2. The Morgan fingerprint density at radius 3 is 3.00 bits per heavy atom. The third-order valence-electron chi connectivity index (χ3n) is 3.89. The van der Waals surface area contributed by atoms with E-state index in [0.717, 1.165) is 36.0 Å². The molecule has 17 heavy (non-hydrogen) atoms. The Kier molecular flexibility index (Phi) is 1.71. The highest BCUT2D eigenvalue weighted by Crippen LogP contribution is 2.47. The van der Waals surface area contributed by atoms with E-state index in [0.29, 0.717) is 5.58 Å². The lowest BCUT2D eigenvalue weighted by atomic mass is 9.98. The van der Waals surface area contributed by atoms with Gasteiger partial charge in [0.05, 0.1) is 10.9 Å². The van der Waals surface area contributed by atoms with Gasteiger partial charge >= 0.3 is 5.63 Å². The van der Waals surface area contributed by atoms with Gasteiger partial charge in [0.1, 0.15) is 17.4 Å². The van der Waals surface area contributed by atoms with Gasteiger partial charge in [0.2, 0.25) is 0 Å². The highest BCUT2D eigenvalue weighted by molar-refractivity contribution is 5.85. The number of ether oxygens (including phenoxy) is 1. The zero-order chi connectivity index (χ0) is 11.4. The van der Waals surface area contributed by atoms with Crippen molar-refractivity contribution in [3.63, 3.8) is 0 Å². The van der Waals surface area contributed by atoms with E-state index in [1.165, 1.54) is 0 Å². The molecule has 0 amide bonds. The van der Waals surface area contributed by atoms with Gasteiger partial charge in [-0.25, -0.2) is 4.79 Å². The molecule has 0 saturated heterocycles. The van der Waals surface area contributed by atoms with Crippen molar-refractivity contribution in [3.8, 4) is 5.75 Å². The van der Waals surface area contributed by atoms with Gasteiger partial charge in [-0.15, -0.1) is 0 Å². The fourth-order valence-electron chi connectivity index (χ4n) is 3.13. The SMILES string of the molecule is O=c1oc2ccccc2c2c1C1CCCC1O2. The first-order valence-electron chi connectivity index (χ1n) is 6.07. The maximum absolute atomic E-state index is 12.0. The summed E-state index contributed by atoms with van der Waals surface area (Å²) in [4.78, 5) is 12.0. The molecule has 2 heterocycles. The molecule has 1 aliphatic heterocycles. The van der Waals surface area contributed by atoms with Crippen LogP contribution in [-0.4, -0.2) is 6.10 Å². The third kappa shape index (κ3) is 1.14. The minimum Gasteiger partial charge on any atom is -0.488 e. The molecule has 1 fully saturated rings.